The Morgan fingerprint density at radius 2 is 1.74 bits per heavy atom. The Hall–Kier alpha value is -3.53. The average molecular weight is 520 g/mol. The van der Waals surface area contributed by atoms with Crippen LogP contribution in [0.4, 0.5) is 26.2 Å². The number of aromatic nitrogens is 1. The van der Waals surface area contributed by atoms with E-state index < -0.39 is 11.6 Å². The molecule has 2 aliphatic rings. The van der Waals surface area contributed by atoms with Crippen LogP contribution in [0.3, 0.4) is 0 Å². The minimum Gasteiger partial charge on any atom is -0.423 e. The van der Waals surface area contributed by atoms with Crippen LogP contribution in [0.2, 0.25) is 0 Å². The molecule has 3 heterocycles. The Morgan fingerprint density at radius 1 is 0.974 bits per heavy atom. The van der Waals surface area contributed by atoms with Crippen LogP contribution in [0, 0.1) is 18.6 Å². The van der Waals surface area contributed by atoms with Crippen molar-refractivity contribution in [2.24, 2.45) is 0 Å². The summed E-state index contributed by atoms with van der Waals surface area (Å²) in [6.45, 7) is 8.73. The van der Waals surface area contributed by atoms with E-state index in [-0.39, 0.29) is 12.1 Å². The van der Waals surface area contributed by atoms with Crippen molar-refractivity contribution in [3.05, 3.63) is 71.3 Å². The lowest BCUT2D eigenvalue weighted by molar-refractivity contribution is 0.122. The highest BCUT2D eigenvalue weighted by Gasteiger charge is 2.20. The number of rotatable bonds is 6. The fourth-order valence-corrected chi connectivity index (χ4v) is 5.25. The SMILES string of the molecule is Cc1cc(Nc2nc3cccc(-c4cc(F)c(CN5CCNCC5)c(F)c4)c3o2)ccc1N1CCOCC1. The van der Waals surface area contributed by atoms with Gasteiger partial charge in [-0.15, -0.1) is 0 Å². The molecule has 9 heteroatoms. The second kappa shape index (κ2) is 10.7. The smallest absolute Gasteiger partial charge is 0.300 e. The molecule has 0 saturated carbocycles. The molecule has 2 saturated heterocycles. The molecule has 2 aliphatic heterocycles. The zero-order chi connectivity index (χ0) is 26.1. The maximum atomic E-state index is 15.1. The number of piperazine rings is 1. The fraction of sp³-hybridized carbons (Fsp3) is 0.345. The number of morpholine rings is 1. The van der Waals surface area contributed by atoms with Crippen molar-refractivity contribution in [3.8, 4) is 11.1 Å². The molecule has 2 N–H and O–H groups in total. The van der Waals surface area contributed by atoms with Gasteiger partial charge in [0.1, 0.15) is 17.2 Å². The van der Waals surface area contributed by atoms with E-state index in [4.69, 9.17) is 9.15 Å². The van der Waals surface area contributed by atoms with Crippen molar-refractivity contribution in [1.82, 2.24) is 15.2 Å². The molecule has 0 radical (unpaired) electrons. The second-order valence-corrected chi connectivity index (χ2v) is 9.84. The van der Waals surface area contributed by atoms with E-state index in [1.807, 2.05) is 18.2 Å². The van der Waals surface area contributed by atoms with Gasteiger partial charge in [-0.05, 0) is 54.4 Å². The summed E-state index contributed by atoms with van der Waals surface area (Å²) in [5.74, 6) is -1.10. The predicted molar refractivity (Wildman–Crippen MR) is 145 cm³/mol. The number of oxazole rings is 1. The van der Waals surface area contributed by atoms with Crippen molar-refractivity contribution in [2.75, 3.05) is 62.7 Å². The number of hydrogen-bond donors (Lipinski definition) is 2. The zero-order valence-electron chi connectivity index (χ0n) is 21.4. The minimum atomic E-state index is -0.552. The summed E-state index contributed by atoms with van der Waals surface area (Å²) in [5, 5.41) is 6.50. The fourth-order valence-electron chi connectivity index (χ4n) is 5.25. The molecule has 1 aromatic heterocycles. The Bertz CT molecular complexity index is 1420. The lowest BCUT2D eigenvalue weighted by atomic mass is 10.0. The van der Waals surface area contributed by atoms with E-state index in [1.54, 1.807) is 6.07 Å². The van der Waals surface area contributed by atoms with Gasteiger partial charge in [-0.25, -0.2) is 8.78 Å². The number of fused-ring (bicyclic) bond motifs is 1. The third-order valence-corrected chi connectivity index (χ3v) is 7.26. The normalized spacial score (nSPS) is 16.8. The van der Waals surface area contributed by atoms with Gasteiger partial charge >= 0.3 is 0 Å². The lowest BCUT2D eigenvalue weighted by Gasteiger charge is -2.30. The topological polar surface area (TPSA) is 65.8 Å². The van der Waals surface area contributed by atoms with Crippen LogP contribution in [0.15, 0.2) is 52.9 Å². The van der Waals surface area contributed by atoms with Gasteiger partial charge in [-0.1, -0.05) is 12.1 Å². The van der Waals surface area contributed by atoms with Crippen LogP contribution in [-0.2, 0) is 11.3 Å². The number of para-hydroxylation sites is 1. The van der Waals surface area contributed by atoms with Gasteiger partial charge in [0.2, 0.25) is 0 Å². The zero-order valence-corrected chi connectivity index (χ0v) is 21.4. The summed E-state index contributed by atoms with van der Waals surface area (Å²) in [7, 11) is 0. The number of nitrogens with zero attached hydrogens (tertiary/aromatic N) is 3. The largest absolute Gasteiger partial charge is 0.423 e. The van der Waals surface area contributed by atoms with E-state index in [9.17, 15) is 0 Å². The molecule has 7 nitrogen and oxygen atoms in total. The first kappa shape index (κ1) is 24.8. The first-order chi connectivity index (χ1) is 18.5. The first-order valence-electron chi connectivity index (χ1n) is 13.1. The molecule has 0 bridgehead atoms. The van der Waals surface area contributed by atoms with Crippen LogP contribution in [-0.4, -0.2) is 62.4 Å². The van der Waals surface area contributed by atoms with Crippen LogP contribution in [0.5, 0.6) is 0 Å². The summed E-state index contributed by atoms with van der Waals surface area (Å²) in [6, 6.07) is 14.7. The van der Waals surface area contributed by atoms with E-state index in [0.29, 0.717) is 28.2 Å². The van der Waals surface area contributed by atoms with Crippen molar-refractivity contribution < 1.29 is 17.9 Å². The molecule has 198 valence electrons. The highest BCUT2D eigenvalue weighted by atomic mass is 19.1. The van der Waals surface area contributed by atoms with E-state index >= 15 is 8.78 Å². The average Bonchev–Trinajstić information content (AvgIpc) is 3.34. The Kier molecular flexibility index (Phi) is 6.97. The number of benzene rings is 3. The van der Waals surface area contributed by atoms with Gasteiger partial charge < -0.3 is 24.7 Å². The van der Waals surface area contributed by atoms with Gasteiger partial charge in [-0.3, -0.25) is 4.90 Å². The van der Waals surface area contributed by atoms with Crippen LogP contribution in [0.25, 0.3) is 22.2 Å². The Morgan fingerprint density at radius 3 is 2.47 bits per heavy atom. The van der Waals surface area contributed by atoms with E-state index in [0.717, 1.165) is 63.7 Å². The number of halogens is 2. The summed E-state index contributed by atoms with van der Waals surface area (Å²) in [5.41, 5.74) is 5.36. The summed E-state index contributed by atoms with van der Waals surface area (Å²) in [6.07, 6.45) is 0. The van der Waals surface area contributed by atoms with Crippen molar-refractivity contribution in [3.63, 3.8) is 0 Å². The number of ether oxygens (including phenoxy) is 1. The standard InChI is InChI=1S/C29H31F2N5O2/c1-19-15-21(5-6-27(19)36-11-13-37-14-12-36)33-29-34-26-4-2-3-22(28(26)38-29)20-16-24(30)23(25(31)17-20)18-35-9-7-32-8-10-35/h2-6,15-17,32H,7-14,18H2,1H3,(H,33,34). The molecule has 6 rings (SSSR count). The second-order valence-electron chi connectivity index (χ2n) is 9.84. The molecule has 0 aliphatic carbocycles. The number of anilines is 3. The molecule has 3 aromatic carbocycles. The molecule has 4 aromatic rings. The highest BCUT2D eigenvalue weighted by molar-refractivity contribution is 5.91. The molecule has 0 spiro atoms. The highest BCUT2D eigenvalue weighted by Crippen LogP contribution is 2.34. The monoisotopic (exact) mass is 519 g/mol. The molecule has 0 unspecified atom stereocenters. The number of nitrogens with one attached hydrogen (secondary N) is 2. The van der Waals surface area contributed by atoms with Crippen molar-refractivity contribution >= 4 is 28.5 Å². The number of aryl methyl sites for hydroxylation is 1. The third-order valence-electron chi connectivity index (χ3n) is 7.26. The lowest BCUT2D eigenvalue weighted by Crippen LogP contribution is -2.43. The van der Waals surface area contributed by atoms with Crippen molar-refractivity contribution in [1.29, 1.82) is 0 Å². The van der Waals surface area contributed by atoms with E-state index in [1.165, 1.54) is 17.8 Å². The molecule has 2 fully saturated rings. The van der Waals surface area contributed by atoms with Gasteiger partial charge in [0.15, 0.2) is 5.58 Å². The predicted octanol–water partition coefficient (Wildman–Crippen LogP) is 5.07. The molecular formula is C29H31F2N5O2. The maximum absolute atomic E-state index is 15.1. The molecular weight excluding hydrogens is 488 g/mol. The molecule has 38 heavy (non-hydrogen) atoms. The van der Waals surface area contributed by atoms with Gasteiger partial charge in [0.05, 0.1) is 13.2 Å². The van der Waals surface area contributed by atoms with Crippen LogP contribution in [0.1, 0.15) is 11.1 Å². The quantitative estimate of drug-likeness (QED) is 0.369. The maximum Gasteiger partial charge on any atom is 0.300 e. The molecule has 0 atom stereocenters. The van der Waals surface area contributed by atoms with Crippen molar-refractivity contribution in [2.45, 2.75) is 13.5 Å². The minimum absolute atomic E-state index is 0.0960. The van der Waals surface area contributed by atoms with Gasteiger partial charge in [-0.2, -0.15) is 4.98 Å². The van der Waals surface area contributed by atoms with Crippen LogP contribution >= 0.6 is 0 Å². The summed E-state index contributed by atoms with van der Waals surface area (Å²) < 4.78 is 41.7. The van der Waals surface area contributed by atoms with Crippen LogP contribution < -0.4 is 15.5 Å². The third kappa shape index (κ3) is 5.09. The molecule has 0 amide bonds. The number of hydrogen-bond acceptors (Lipinski definition) is 7. The van der Waals surface area contributed by atoms with Gasteiger partial charge in [0, 0.05) is 68.3 Å². The first-order valence-corrected chi connectivity index (χ1v) is 13.1. The van der Waals surface area contributed by atoms with E-state index in [2.05, 4.69) is 44.5 Å². The Labute approximate surface area is 220 Å². The Balaban J connectivity index is 1.25. The van der Waals surface area contributed by atoms with Gasteiger partial charge in [0.25, 0.3) is 6.01 Å². The summed E-state index contributed by atoms with van der Waals surface area (Å²) >= 11 is 0. The summed E-state index contributed by atoms with van der Waals surface area (Å²) in [4.78, 5) is 8.95.